The van der Waals surface area contributed by atoms with E-state index in [9.17, 15) is 0 Å². The topological polar surface area (TPSA) is 47.3 Å². The molecule has 0 fully saturated rings. The molecule has 1 rings (SSSR count). The first-order chi connectivity index (χ1) is 9.10. The zero-order valence-electron chi connectivity index (χ0n) is 11.8. The number of hydrogen-bond donors (Lipinski definition) is 2. The molecule has 0 bridgehead atoms. The molecule has 108 valence electrons. The van der Waals surface area contributed by atoms with Gasteiger partial charge in [0, 0.05) is 22.1 Å². The van der Waals surface area contributed by atoms with Crippen LogP contribution in [-0.4, -0.2) is 24.2 Å². The molecule has 0 aromatic heterocycles. The Kier molecular flexibility index (Phi) is 7.61. The largest absolute Gasteiger partial charge is 0.496 e. The summed E-state index contributed by atoms with van der Waals surface area (Å²) in [4.78, 5) is 0. The minimum absolute atomic E-state index is 0.214. The Balaban J connectivity index is 2.66. The molecule has 1 aromatic carbocycles. The first kappa shape index (κ1) is 16.6. The second-order valence-corrected chi connectivity index (χ2v) is 6.48. The number of nitrogens with two attached hydrogens (primary N) is 1. The van der Waals surface area contributed by atoms with Crippen LogP contribution in [0.3, 0.4) is 0 Å². The van der Waals surface area contributed by atoms with Gasteiger partial charge in [0.05, 0.1) is 7.11 Å². The Morgan fingerprint density at radius 2 is 2.21 bits per heavy atom. The van der Waals surface area contributed by atoms with Crippen molar-refractivity contribution in [2.24, 2.45) is 5.84 Å². The number of ether oxygens (including phenoxy) is 1. The Bertz CT molecular complexity index is 390. The van der Waals surface area contributed by atoms with Gasteiger partial charge in [-0.2, -0.15) is 11.8 Å². The third kappa shape index (κ3) is 5.61. The highest BCUT2D eigenvalue weighted by atomic mass is 35.5. The van der Waals surface area contributed by atoms with Gasteiger partial charge in [0.1, 0.15) is 5.75 Å². The van der Waals surface area contributed by atoms with Gasteiger partial charge in [-0.05, 0) is 36.6 Å². The highest BCUT2D eigenvalue weighted by molar-refractivity contribution is 7.99. The van der Waals surface area contributed by atoms with E-state index in [0.717, 1.165) is 28.5 Å². The number of nitrogens with one attached hydrogen (secondary N) is 1. The van der Waals surface area contributed by atoms with Crippen LogP contribution in [0.5, 0.6) is 5.75 Å². The van der Waals surface area contributed by atoms with Crippen LogP contribution in [0.4, 0.5) is 0 Å². The number of hydrogen-bond acceptors (Lipinski definition) is 4. The fraction of sp³-hybridized carbons (Fsp3) is 0.571. The van der Waals surface area contributed by atoms with Crippen molar-refractivity contribution in [1.82, 2.24) is 5.43 Å². The summed E-state index contributed by atoms with van der Waals surface area (Å²) in [5, 5.41) is 1.37. The van der Waals surface area contributed by atoms with E-state index >= 15 is 0 Å². The molecule has 5 heteroatoms. The smallest absolute Gasteiger partial charge is 0.122 e. The number of halogens is 1. The molecule has 2 unspecified atom stereocenters. The van der Waals surface area contributed by atoms with Gasteiger partial charge in [0.2, 0.25) is 0 Å². The van der Waals surface area contributed by atoms with E-state index in [2.05, 4.69) is 19.3 Å². The second kappa shape index (κ2) is 8.69. The van der Waals surface area contributed by atoms with Crippen LogP contribution in [0.1, 0.15) is 25.8 Å². The van der Waals surface area contributed by atoms with E-state index in [1.54, 1.807) is 7.11 Å². The van der Waals surface area contributed by atoms with Crippen molar-refractivity contribution in [2.75, 3.05) is 12.9 Å². The second-order valence-electron chi connectivity index (χ2n) is 4.58. The van der Waals surface area contributed by atoms with Gasteiger partial charge in [-0.15, -0.1) is 0 Å². The Hall–Kier alpha value is -0.420. The lowest BCUT2D eigenvalue weighted by atomic mass is 10.1. The van der Waals surface area contributed by atoms with Gasteiger partial charge in [-0.3, -0.25) is 11.3 Å². The molecule has 0 aliphatic rings. The summed E-state index contributed by atoms with van der Waals surface area (Å²) in [6.07, 6.45) is 1.98. The Morgan fingerprint density at radius 1 is 1.47 bits per heavy atom. The summed E-state index contributed by atoms with van der Waals surface area (Å²) < 4.78 is 5.36. The van der Waals surface area contributed by atoms with Crippen LogP contribution in [-0.2, 0) is 6.42 Å². The molecule has 19 heavy (non-hydrogen) atoms. The minimum Gasteiger partial charge on any atom is -0.496 e. The van der Waals surface area contributed by atoms with E-state index < -0.39 is 0 Å². The van der Waals surface area contributed by atoms with Gasteiger partial charge in [0.25, 0.3) is 0 Å². The summed E-state index contributed by atoms with van der Waals surface area (Å²) in [6, 6.07) is 5.89. The number of methoxy groups -OCH3 is 1. The molecule has 2 atom stereocenters. The minimum atomic E-state index is 0.214. The first-order valence-corrected chi connectivity index (χ1v) is 7.93. The zero-order chi connectivity index (χ0) is 14.3. The van der Waals surface area contributed by atoms with Crippen molar-refractivity contribution >= 4 is 23.4 Å². The van der Waals surface area contributed by atoms with E-state index in [1.807, 2.05) is 30.0 Å². The molecule has 0 saturated carbocycles. The summed E-state index contributed by atoms with van der Waals surface area (Å²) in [7, 11) is 1.67. The fourth-order valence-electron chi connectivity index (χ4n) is 1.74. The maximum atomic E-state index is 6.04. The van der Waals surface area contributed by atoms with Crippen LogP contribution in [0, 0.1) is 0 Å². The molecule has 0 aliphatic heterocycles. The van der Waals surface area contributed by atoms with Gasteiger partial charge in [-0.25, -0.2) is 0 Å². The molecule has 3 N–H and O–H groups in total. The predicted octanol–water partition coefficient (Wildman–Crippen LogP) is 3.25. The number of rotatable bonds is 8. The number of hydrazine groups is 1. The molecule has 0 aliphatic carbocycles. The predicted molar refractivity (Wildman–Crippen MR) is 85.0 cm³/mol. The van der Waals surface area contributed by atoms with E-state index in [1.165, 1.54) is 6.42 Å². The van der Waals surface area contributed by atoms with Crippen molar-refractivity contribution in [3.8, 4) is 5.75 Å². The lowest BCUT2D eigenvalue weighted by Gasteiger charge is -2.19. The average molecular weight is 303 g/mol. The molecule has 0 radical (unpaired) electrons. The van der Waals surface area contributed by atoms with E-state index in [-0.39, 0.29) is 6.04 Å². The maximum Gasteiger partial charge on any atom is 0.122 e. The maximum absolute atomic E-state index is 6.04. The average Bonchev–Trinajstić information content (AvgIpc) is 2.43. The van der Waals surface area contributed by atoms with Crippen LogP contribution in [0.2, 0.25) is 5.02 Å². The van der Waals surface area contributed by atoms with E-state index in [4.69, 9.17) is 22.2 Å². The van der Waals surface area contributed by atoms with Gasteiger partial charge < -0.3 is 4.74 Å². The molecule has 0 spiro atoms. The molecular weight excluding hydrogens is 280 g/mol. The lowest BCUT2D eigenvalue weighted by Crippen LogP contribution is -2.39. The van der Waals surface area contributed by atoms with Crippen molar-refractivity contribution in [3.63, 3.8) is 0 Å². The molecule has 1 aromatic rings. The summed E-state index contributed by atoms with van der Waals surface area (Å²) in [5.74, 6) is 7.47. The van der Waals surface area contributed by atoms with Gasteiger partial charge >= 0.3 is 0 Å². The SMILES string of the molecule is CCC(C)SCC(Cc1cc(Cl)ccc1OC)NN. The molecule has 3 nitrogen and oxygen atoms in total. The highest BCUT2D eigenvalue weighted by Gasteiger charge is 2.13. The zero-order valence-corrected chi connectivity index (χ0v) is 13.4. The Morgan fingerprint density at radius 3 is 2.79 bits per heavy atom. The fourth-order valence-corrected chi connectivity index (χ4v) is 2.94. The first-order valence-electron chi connectivity index (χ1n) is 6.50. The standard InChI is InChI=1S/C14H23ClN2OS/c1-4-10(2)19-9-13(17-16)8-11-7-12(15)5-6-14(11)18-3/h5-7,10,13,17H,4,8-9,16H2,1-3H3. The van der Waals surface area contributed by atoms with Gasteiger partial charge in [-0.1, -0.05) is 25.4 Å². The Labute approximate surface area is 125 Å². The van der Waals surface area contributed by atoms with Crippen LogP contribution in [0.15, 0.2) is 18.2 Å². The number of thioether (sulfide) groups is 1. The van der Waals surface area contributed by atoms with Crippen molar-refractivity contribution in [1.29, 1.82) is 0 Å². The third-order valence-electron chi connectivity index (χ3n) is 3.10. The third-order valence-corrected chi connectivity index (χ3v) is 4.83. The van der Waals surface area contributed by atoms with Gasteiger partial charge in [0.15, 0.2) is 0 Å². The summed E-state index contributed by atoms with van der Waals surface area (Å²) >= 11 is 7.97. The summed E-state index contributed by atoms with van der Waals surface area (Å²) in [6.45, 7) is 4.43. The molecule has 0 heterocycles. The highest BCUT2D eigenvalue weighted by Crippen LogP contribution is 2.25. The van der Waals surface area contributed by atoms with Crippen LogP contribution in [0.25, 0.3) is 0 Å². The molecule has 0 saturated heterocycles. The van der Waals surface area contributed by atoms with Crippen molar-refractivity contribution < 1.29 is 4.74 Å². The quantitative estimate of drug-likeness (QED) is 0.571. The van der Waals surface area contributed by atoms with E-state index in [0.29, 0.717) is 5.25 Å². The summed E-state index contributed by atoms with van der Waals surface area (Å²) in [5.41, 5.74) is 3.97. The molecular formula is C14H23ClN2OS. The monoisotopic (exact) mass is 302 g/mol. The van der Waals surface area contributed by atoms with Crippen molar-refractivity contribution in [2.45, 2.75) is 38.0 Å². The lowest BCUT2D eigenvalue weighted by molar-refractivity contribution is 0.406. The normalized spacial score (nSPS) is 14.2. The van der Waals surface area contributed by atoms with Crippen LogP contribution >= 0.6 is 23.4 Å². The van der Waals surface area contributed by atoms with Crippen molar-refractivity contribution in [3.05, 3.63) is 28.8 Å². The van der Waals surface area contributed by atoms with Crippen LogP contribution < -0.4 is 16.0 Å². The molecule has 0 amide bonds. The number of benzene rings is 1.